The first-order chi connectivity index (χ1) is 7.90. The molecule has 0 radical (unpaired) electrons. The largest absolute Gasteiger partial charge is 0.382 e. The maximum Gasteiger partial charge on any atom is 0.270 e. The number of benzene rings is 1. The molecule has 0 saturated carbocycles. The van der Waals surface area contributed by atoms with Crippen LogP contribution in [0.1, 0.15) is 27.2 Å². The molecule has 0 amide bonds. The predicted octanol–water partition coefficient (Wildman–Crippen LogP) is 4.05. The van der Waals surface area contributed by atoms with Gasteiger partial charge >= 0.3 is 0 Å². The summed E-state index contributed by atoms with van der Waals surface area (Å²) in [5, 5.41) is 14.0. The summed E-state index contributed by atoms with van der Waals surface area (Å²) in [5.41, 5.74) is 1.10. The molecule has 0 aliphatic carbocycles. The van der Waals surface area contributed by atoms with Gasteiger partial charge in [-0.2, -0.15) is 0 Å². The Morgan fingerprint density at radius 2 is 2.06 bits per heavy atom. The van der Waals surface area contributed by atoms with Gasteiger partial charge in [0, 0.05) is 27.4 Å². The second-order valence-electron chi connectivity index (χ2n) is 4.60. The van der Waals surface area contributed by atoms with Crippen LogP contribution in [0.15, 0.2) is 18.2 Å². The second kappa shape index (κ2) is 6.18. The van der Waals surface area contributed by atoms with E-state index in [1.165, 1.54) is 6.07 Å². The van der Waals surface area contributed by atoms with Crippen molar-refractivity contribution in [2.24, 2.45) is 5.92 Å². The highest BCUT2D eigenvalue weighted by Crippen LogP contribution is 2.24. The number of anilines is 1. The lowest BCUT2D eigenvalue weighted by atomic mass is 10.1. The van der Waals surface area contributed by atoms with E-state index in [1.54, 1.807) is 12.1 Å². The van der Waals surface area contributed by atoms with Crippen molar-refractivity contribution in [1.82, 2.24) is 0 Å². The first-order valence-corrected chi connectivity index (χ1v) is 6.68. The molecule has 0 aliphatic rings. The van der Waals surface area contributed by atoms with Crippen molar-refractivity contribution in [3.63, 3.8) is 0 Å². The number of hydrogen-bond donors (Lipinski definition) is 1. The zero-order chi connectivity index (χ0) is 13.0. The lowest BCUT2D eigenvalue weighted by Gasteiger charge is -2.18. The summed E-state index contributed by atoms with van der Waals surface area (Å²) in [7, 11) is 0. The molecular weight excluding hydrogens is 331 g/mol. The lowest BCUT2D eigenvalue weighted by Crippen LogP contribution is -2.18. The fourth-order valence-electron chi connectivity index (χ4n) is 1.77. The molecule has 5 heteroatoms. The number of nitro groups is 1. The average Bonchev–Trinajstić information content (AvgIpc) is 2.19. The molecule has 1 aromatic carbocycles. The first-order valence-electron chi connectivity index (χ1n) is 5.60. The number of halogens is 1. The third-order valence-corrected chi connectivity index (χ3v) is 3.28. The van der Waals surface area contributed by atoms with Crippen LogP contribution in [0.2, 0.25) is 0 Å². The van der Waals surface area contributed by atoms with E-state index in [0.717, 1.165) is 15.7 Å². The molecule has 1 unspecified atom stereocenters. The minimum Gasteiger partial charge on any atom is -0.382 e. The molecule has 1 N–H and O–H groups in total. The quantitative estimate of drug-likeness (QED) is 0.496. The molecule has 0 heterocycles. The topological polar surface area (TPSA) is 55.2 Å². The lowest BCUT2D eigenvalue weighted by molar-refractivity contribution is -0.384. The van der Waals surface area contributed by atoms with Crippen LogP contribution in [-0.4, -0.2) is 11.0 Å². The molecule has 0 aliphatic heterocycles. The summed E-state index contributed by atoms with van der Waals surface area (Å²) in [4.78, 5) is 10.2. The molecule has 0 aromatic heterocycles. The molecular formula is C12H17IN2O2. The normalized spacial score (nSPS) is 12.5. The highest BCUT2D eigenvalue weighted by molar-refractivity contribution is 14.1. The summed E-state index contributed by atoms with van der Waals surface area (Å²) in [6, 6.07) is 5.26. The highest BCUT2D eigenvalue weighted by Gasteiger charge is 2.11. The number of nitrogens with zero attached hydrogens (tertiary/aromatic N) is 1. The average molecular weight is 348 g/mol. The monoisotopic (exact) mass is 348 g/mol. The van der Waals surface area contributed by atoms with Crippen molar-refractivity contribution in [2.45, 2.75) is 33.2 Å². The Morgan fingerprint density at radius 3 is 2.53 bits per heavy atom. The molecule has 17 heavy (non-hydrogen) atoms. The molecule has 0 fully saturated rings. The minimum absolute atomic E-state index is 0.136. The molecule has 1 atom stereocenters. The van der Waals surface area contributed by atoms with Crippen LogP contribution >= 0.6 is 22.6 Å². The van der Waals surface area contributed by atoms with E-state index in [9.17, 15) is 10.1 Å². The maximum atomic E-state index is 10.6. The summed E-state index contributed by atoms with van der Waals surface area (Å²) in [6.45, 7) is 6.48. The number of rotatable bonds is 5. The van der Waals surface area contributed by atoms with Crippen LogP contribution in [0, 0.1) is 19.6 Å². The van der Waals surface area contributed by atoms with Crippen molar-refractivity contribution in [3.05, 3.63) is 31.9 Å². The zero-order valence-electron chi connectivity index (χ0n) is 10.2. The predicted molar refractivity (Wildman–Crippen MR) is 78.4 cm³/mol. The van der Waals surface area contributed by atoms with Gasteiger partial charge in [0.2, 0.25) is 0 Å². The summed E-state index contributed by atoms with van der Waals surface area (Å²) in [5.74, 6) is 0.633. The second-order valence-corrected chi connectivity index (χ2v) is 5.76. The third kappa shape index (κ3) is 4.49. The van der Waals surface area contributed by atoms with E-state index in [1.807, 2.05) is 0 Å². The summed E-state index contributed by atoms with van der Waals surface area (Å²) < 4.78 is 0.882. The van der Waals surface area contributed by atoms with Gasteiger partial charge in [0.05, 0.1) is 4.92 Å². The van der Waals surface area contributed by atoms with E-state index in [-0.39, 0.29) is 10.6 Å². The van der Waals surface area contributed by atoms with Gasteiger partial charge in [0.15, 0.2) is 0 Å². The van der Waals surface area contributed by atoms with Crippen LogP contribution in [0.25, 0.3) is 0 Å². The van der Waals surface area contributed by atoms with Gasteiger partial charge in [0.1, 0.15) is 0 Å². The van der Waals surface area contributed by atoms with Crippen LogP contribution in [0.3, 0.4) is 0 Å². The van der Waals surface area contributed by atoms with Crippen molar-refractivity contribution in [2.75, 3.05) is 5.32 Å². The van der Waals surface area contributed by atoms with E-state index >= 15 is 0 Å². The smallest absolute Gasteiger partial charge is 0.270 e. The van der Waals surface area contributed by atoms with E-state index < -0.39 is 0 Å². The first kappa shape index (κ1) is 14.2. The molecule has 94 valence electrons. The van der Waals surface area contributed by atoms with Crippen molar-refractivity contribution in [3.8, 4) is 0 Å². The van der Waals surface area contributed by atoms with Crippen LogP contribution in [0.4, 0.5) is 11.4 Å². The van der Waals surface area contributed by atoms with Crippen molar-refractivity contribution in [1.29, 1.82) is 0 Å². The van der Waals surface area contributed by atoms with E-state index in [2.05, 4.69) is 48.7 Å². The van der Waals surface area contributed by atoms with Gasteiger partial charge in [-0.25, -0.2) is 0 Å². The standard InChI is InChI=1S/C12H17IN2O2/c1-8(2)6-9(3)14-12-5-4-10(15(16)17)7-11(12)13/h4-5,7-9,14H,6H2,1-3H3. The Hall–Kier alpha value is -0.850. The molecule has 0 saturated heterocycles. The van der Waals surface area contributed by atoms with Crippen molar-refractivity contribution >= 4 is 34.0 Å². The van der Waals surface area contributed by atoms with Crippen LogP contribution in [0.5, 0.6) is 0 Å². The van der Waals surface area contributed by atoms with Gasteiger partial charge in [-0.05, 0) is 47.9 Å². The number of non-ortho nitro benzene ring substituents is 1. The number of hydrogen-bond acceptors (Lipinski definition) is 3. The Bertz CT molecular complexity index is 407. The van der Waals surface area contributed by atoms with Crippen LogP contribution in [-0.2, 0) is 0 Å². The fraction of sp³-hybridized carbons (Fsp3) is 0.500. The molecule has 4 nitrogen and oxygen atoms in total. The highest BCUT2D eigenvalue weighted by atomic mass is 127. The Balaban J connectivity index is 2.75. The molecule has 1 rings (SSSR count). The number of nitrogens with one attached hydrogen (secondary N) is 1. The number of nitro benzene ring substituents is 1. The molecule has 0 bridgehead atoms. The van der Waals surface area contributed by atoms with E-state index in [0.29, 0.717) is 12.0 Å². The summed E-state index contributed by atoms with van der Waals surface area (Å²) in [6.07, 6.45) is 1.08. The fourth-order valence-corrected chi connectivity index (χ4v) is 2.42. The van der Waals surface area contributed by atoms with Gasteiger partial charge in [0.25, 0.3) is 5.69 Å². The molecule has 0 spiro atoms. The van der Waals surface area contributed by atoms with Gasteiger partial charge in [-0.3, -0.25) is 10.1 Å². The van der Waals surface area contributed by atoms with Crippen molar-refractivity contribution < 1.29 is 4.92 Å². The summed E-state index contributed by atoms with van der Waals surface area (Å²) >= 11 is 2.12. The Kier molecular flexibility index (Phi) is 5.17. The van der Waals surface area contributed by atoms with E-state index in [4.69, 9.17) is 0 Å². The van der Waals surface area contributed by atoms with Gasteiger partial charge < -0.3 is 5.32 Å². The minimum atomic E-state index is -0.372. The zero-order valence-corrected chi connectivity index (χ0v) is 12.4. The maximum absolute atomic E-state index is 10.6. The molecule has 1 aromatic rings. The Morgan fingerprint density at radius 1 is 1.41 bits per heavy atom. The third-order valence-electron chi connectivity index (χ3n) is 2.39. The van der Waals surface area contributed by atoms with Gasteiger partial charge in [-0.15, -0.1) is 0 Å². The Labute approximate surface area is 115 Å². The SMILES string of the molecule is CC(C)CC(C)Nc1ccc([N+](=O)[O-])cc1I. The van der Waals surface area contributed by atoms with Crippen LogP contribution < -0.4 is 5.32 Å². The van der Waals surface area contributed by atoms with Gasteiger partial charge in [-0.1, -0.05) is 13.8 Å².